The Bertz CT molecular complexity index is 1310. The number of nitro groups is 1. The molecule has 10 heteroatoms. The van der Waals surface area contributed by atoms with E-state index in [2.05, 4.69) is 15.0 Å². The van der Waals surface area contributed by atoms with Gasteiger partial charge in [-0.05, 0) is 18.2 Å². The molecule has 4 aromatic rings. The molecule has 10 nitrogen and oxygen atoms in total. The second kappa shape index (κ2) is 7.56. The summed E-state index contributed by atoms with van der Waals surface area (Å²) in [5.74, 6) is 0.494. The number of anilines is 2. The normalized spacial score (nSPS) is 14.2. The van der Waals surface area contributed by atoms with Crippen LogP contribution in [0.1, 0.15) is 0 Å². The van der Waals surface area contributed by atoms with Gasteiger partial charge in [0.25, 0.3) is 11.2 Å². The Hall–Kier alpha value is -4.21. The molecule has 31 heavy (non-hydrogen) atoms. The van der Waals surface area contributed by atoms with E-state index in [9.17, 15) is 14.9 Å². The fraction of sp³-hybridized carbons (Fsp3) is 0.190. The minimum atomic E-state index is -0.389. The van der Waals surface area contributed by atoms with Crippen molar-refractivity contribution in [1.29, 1.82) is 0 Å². The molecule has 156 valence electrons. The highest BCUT2D eigenvalue weighted by atomic mass is 16.6. The molecule has 1 aliphatic heterocycles. The molecular formula is C21H19N7O3. The maximum absolute atomic E-state index is 12.6. The van der Waals surface area contributed by atoms with Crippen LogP contribution in [-0.2, 0) is 0 Å². The van der Waals surface area contributed by atoms with Gasteiger partial charge in [-0.15, -0.1) is 0 Å². The Morgan fingerprint density at radius 1 is 0.935 bits per heavy atom. The van der Waals surface area contributed by atoms with E-state index in [1.54, 1.807) is 16.8 Å². The Balaban J connectivity index is 1.40. The van der Waals surface area contributed by atoms with Gasteiger partial charge < -0.3 is 9.80 Å². The zero-order chi connectivity index (χ0) is 21.4. The second-order valence-electron chi connectivity index (χ2n) is 7.27. The highest BCUT2D eigenvalue weighted by Crippen LogP contribution is 2.23. The van der Waals surface area contributed by atoms with Crippen molar-refractivity contribution in [3.63, 3.8) is 0 Å². The lowest BCUT2D eigenvalue weighted by molar-refractivity contribution is -0.384. The number of H-pyrrole nitrogens is 1. The number of hydrogen-bond acceptors (Lipinski definition) is 7. The van der Waals surface area contributed by atoms with Gasteiger partial charge in [0.05, 0.1) is 16.8 Å². The van der Waals surface area contributed by atoms with E-state index in [1.165, 1.54) is 12.3 Å². The largest absolute Gasteiger partial charge is 0.368 e. The molecule has 2 aromatic carbocycles. The zero-order valence-corrected chi connectivity index (χ0v) is 16.5. The van der Waals surface area contributed by atoms with Gasteiger partial charge in [-0.25, -0.2) is 4.68 Å². The van der Waals surface area contributed by atoms with Crippen LogP contribution in [0.3, 0.4) is 0 Å². The number of hydrogen-bond donors (Lipinski definition) is 1. The van der Waals surface area contributed by atoms with Crippen LogP contribution in [0.15, 0.2) is 65.6 Å². The van der Waals surface area contributed by atoms with Gasteiger partial charge in [0.15, 0.2) is 5.65 Å². The van der Waals surface area contributed by atoms with Gasteiger partial charge in [-0.2, -0.15) is 10.1 Å². The summed E-state index contributed by atoms with van der Waals surface area (Å²) in [7, 11) is 0. The number of nitrogens with one attached hydrogen (secondary N) is 1. The van der Waals surface area contributed by atoms with Crippen LogP contribution in [0.25, 0.3) is 16.7 Å². The molecule has 5 rings (SSSR count). The third-order valence-electron chi connectivity index (χ3n) is 5.41. The predicted octanol–water partition coefficient (Wildman–Crippen LogP) is 2.34. The highest BCUT2D eigenvalue weighted by Gasteiger charge is 2.22. The summed E-state index contributed by atoms with van der Waals surface area (Å²) < 4.78 is 1.66. The summed E-state index contributed by atoms with van der Waals surface area (Å²) in [4.78, 5) is 34.9. The third-order valence-corrected chi connectivity index (χ3v) is 5.41. The topological polar surface area (TPSA) is 113 Å². The number of nitro benzene ring substituents is 1. The molecule has 0 saturated carbocycles. The zero-order valence-electron chi connectivity index (χ0n) is 16.5. The average molecular weight is 417 g/mol. The van der Waals surface area contributed by atoms with Crippen LogP contribution in [0.5, 0.6) is 0 Å². The molecule has 3 heterocycles. The van der Waals surface area contributed by atoms with Gasteiger partial charge in [-0.1, -0.05) is 24.3 Å². The first-order valence-corrected chi connectivity index (χ1v) is 9.88. The molecule has 2 aromatic heterocycles. The summed E-state index contributed by atoms with van der Waals surface area (Å²) >= 11 is 0. The van der Waals surface area contributed by atoms with Gasteiger partial charge >= 0.3 is 0 Å². The first kappa shape index (κ1) is 18.8. The molecule has 1 saturated heterocycles. The number of benzene rings is 2. The number of nitrogens with zero attached hydrogens (tertiary/aromatic N) is 6. The average Bonchev–Trinajstić information content (AvgIpc) is 3.24. The van der Waals surface area contributed by atoms with Gasteiger partial charge in [0.1, 0.15) is 5.39 Å². The van der Waals surface area contributed by atoms with Gasteiger partial charge in [0.2, 0.25) is 5.95 Å². The van der Waals surface area contributed by atoms with E-state index in [0.717, 1.165) is 11.4 Å². The Labute approximate surface area is 176 Å². The monoisotopic (exact) mass is 417 g/mol. The standard InChI is InChI=1S/C21H19N7O3/c29-20-18-14-22-27(15-5-2-1-3-6-15)19(18)23-21(24-20)26-11-9-25(10-12-26)16-7-4-8-17(13-16)28(30)31/h1-8,13-14H,9-12H2,(H,23,24,29). The molecule has 1 N–H and O–H groups in total. The van der Waals surface area contributed by atoms with Crippen molar-refractivity contribution in [3.05, 3.63) is 81.3 Å². The quantitative estimate of drug-likeness (QED) is 0.400. The molecule has 0 aliphatic carbocycles. The minimum Gasteiger partial charge on any atom is -0.368 e. The van der Waals surface area contributed by atoms with Crippen molar-refractivity contribution in [2.75, 3.05) is 36.0 Å². The summed E-state index contributed by atoms with van der Waals surface area (Å²) in [5.41, 5.74) is 1.99. The fourth-order valence-corrected chi connectivity index (χ4v) is 3.79. The molecule has 0 amide bonds. The predicted molar refractivity (Wildman–Crippen MR) is 117 cm³/mol. The van der Waals surface area contributed by atoms with E-state index in [0.29, 0.717) is 43.2 Å². The van der Waals surface area contributed by atoms with Crippen molar-refractivity contribution in [3.8, 4) is 5.69 Å². The number of para-hydroxylation sites is 1. The lowest BCUT2D eigenvalue weighted by Gasteiger charge is -2.36. The van der Waals surface area contributed by atoms with Gasteiger partial charge in [-0.3, -0.25) is 19.9 Å². The molecule has 0 unspecified atom stereocenters. The van der Waals surface area contributed by atoms with Crippen molar-refractivity contribution in [1.82, 2.24) is 19.7 Å². The fourth-order valence-electron chi connectivity index (χ4n) is 3.79. The van der Waals surface area contributed by atoms with Crippen molar-refractivity contribution < 1.29 is 4.92 Å². The number of fused-ring (bicyclic) bond motifs is 1. The number of aromatic nitrogens is 4. The maximum Gasteiger partial charge on any atom is 0.271 e. The lowest BCUT2D eigenvalue weighted by atomic mass is 10.2. The van der Waals surface area contributed by atoms with Gasteiger partial charge in [0, 0.05) is 44.0 Å². The summed E-state index contributed by atoms with van der Waals surface area (Å²) in [6.07, 6.45) is 1.53. The number of rotatable bonds is 4. The lowest BCUT2D eigenvalue weighted by Crippen LogP contribution is -2.47. The Morgan fingerprint density at radius 2 is 1.65 bits per heavy atom. The Morgan fingerprint density at radius 3 is 2.39 bits per heavy atom. The van der Waals surface area contributed by atoms with E-state index >= 15 is 0 Å². The van der Waals surface area contributed by atoms with Crippen LogP contribution in [0, 0.1) is 10.1 Å². The molecule has 0 radical (unpaired) electrons. The maximum atomic E-state index is 12.6. The first-order chi connectivity index (χ1) is 15.1. The summed E-state index contributed by atoms with van der Waals surface area (Å²) in [6, 6.07) is 16.2. The summed E-state index contributed by atoms with van der Waals surface area (Å²) in [5, 5.41) is 15.8. The van der Waals surface area contributed by atoms with E-state index in [-0.39, 0.29) is 16.2 Å². The number of aromatic amines is 1. The second-order valence-corrected chi connectivity index (χ2v) is 7.27. The SMILES string of the molecule is O=c1[nH]c(N2CCN(c3cccc([N+](=O)[O-])c3)CC2)nc2c1cnn2-c1ccccc1. The van der Waals surface area contributed by atoms with Crippen LogP contribution in [-0.4, -0.2) is 50.9 Å². The van der Waals surface area contributed by atoms with Crippen LogP contribution in [0.2, 0.25) is 0 Å². The molecule has 1 aliphatic rings. The van der Waals surface area contributed by atoms with Crippen LogP contribution < -0.4 is 15.4 Å². The van der Waals surface area contributed by atoms with Crippen LogP contribution >= 0.6 is 0 Å². The molecular weight excluding hydrogens is 398 g/mol. The molecule has 1 fully saturated rings. The molecule has 0 bridgehead atoms. The van der Waals surface area contributed by atoms with Crippen molar-refractivity contribution >= 4 is 28.4 Å². The number of piperazine rings is 1. The highest BCUT2D eigenvalue weighted by molar-refractivity contribution is 5.76. The van der Waals surface area contributed by atoms with Crippen molar-refractivity contribution in [2.24, 2.45) is 0 Å². The smallest absolute Gasteiger partial charge is 0.271 e. The van der Waals surface area contributed by atoms with E-state index in [1.807, 2.05) is 41.3 Å². The summed E-state index contributed by atoms with van der Waals surface area (Å²) in [6.45, 7) is 2.55. The third kappa shape index (κ3) is 3.48. The first-order valence-electron chi connectivity index (χ1n) is 9.88. The van der Waals surface area contributed by atoms with E-state index in [4.69, 9.17) is 4.98 Å². The minimum absolute atomic E-state index is 0.0746. The van der Waals surface area contributed by atoms with Crippen LogP contribution in [0.4, 0.5) is 17.3 Å². The van der Waals surface area contributed by atoms with Crippen molar-refractivity contribution in [2.45, 2.75) is 0 Å². The van der Waals surface area contributed by atoms with E-state index < -0.39 is 0 Å². The Kier molecular flexibility index (Phi) is 4.58. The molecule has 0 atom stereocenters. The molecule has 0 spiro atoms. The number of non-ortho nitro benzene ring substituents is 1.